The molecule has 22 heavy (non-hydrogen) atoms. The van der Waals surface area contributed by atoms with Crippen molar-refractivity contribution in [3.63, 3.8) is 0 Å². The van der Waals surface area contributed by atoms with E-state index >= 15 is 0 Å². The molecule has 7 heteroatoms. The number of nitrogens with one attached hydrogen (secondary N) is 2. The number of carbonyl (C=O) groups is 2. The summed E-state index contributed by atoms with van der Waals surface area (Å²) in [5.41, 5.74) is 0.632. The maximum Gasteiger partial charge on any atom is 0.326 e. The number of hydrogen-bond acceptors (Lipinski definition) is 3. The average molecular weight is 347 g/mol. The van der Waals surface area contributed by atoms with Crippen LogP contribution in [0.15, 0.2) is 18.2 Å². The van der Waals surface area contributed by atoms with E-state index in [4.69, 9.17) is 28.3 Å². The Morgan fingerprint density at radius 3 is 2.32 bits per heavy atom. The molecule has 1 rings (SSSR count). The first kappa shape index (κ1) is 18.6. The predicted molar refractivity (Wildman–Crippen MR) is 88.6 cm³/mol. The summed E-state index contributed by atoms with van der Waals surface area (Å²) < 4.78 is 0. The SMILES string of the molecule is CC(C)C[C@H](NC(=O)C(C)Nc1ccc(Cl)c(Cl)c1)C(=O)O. The van der Waals surface area contributed by atoms with Crippen LogP contribution in [0.3, 0.4) is 0 Å². The molecule has 0 aliphatic carbocycles. The van der Waals surface area contributed by atoms with Gasteiger partial charge in [0.25, 0.3) is 0 Å². The van der Waals surface area contributed by atoms with E-state index in [0.717, 1.165) is 0 Å². The molecule has 0 heterocycles. The van der Waals surface area contributed by atoms with Crippen LogP contribution in [0, 0.1) is 5.92 Å². The van der Waals surface area contributed by atoms with Crippen molar-refractivity contribution in [2.24, 2.45) is 5.92 Å². The van der Waals surface area contributed by atoms with Gasteiger partial charge in [-0.15, -0.1) is 0 Å². The van der Waals surface area contributed by atoms with Crippen LogP contribution in [0.4, 0.5) is 5.69 Å². The highest BCUT2D eigenvalue weighted by atomic mass is 35.5. The number of rotatable bonds is 7. The van der Waals surface area contributed by atoms with Gasteiger partial charge in [-0.3, -0.25) is 4.79 Å². The molecule has 0 aliphatic rings. The van der Waals surface area contributed by atoms with Crippen molar-refractivity contribution >= 4 is 40.8 Å². The molecule has 1 amide bonds. The highest BCUT2D eigenvalue weighted by Gasteiger charge is 2.23. The molecule has 122 valence electrons. The summed E-state index contributed by atoms with van der Waals surface area (Å²) in [7, 11) is 0. The van der Waals surface area contributed by atoms with Crippen LogP contribution in [0.5, 0.6) is 0 Å². The Labute approximate surface area is 140 Å². The monoisotopic (exact) mass is 346 g/mol. The van der Waals surface area contributed by atoms with E-state index < -0.39 is 18.1 Å². The second-order valence-corrected chi connectivity index (χ2v) is 6.34. The molecule has 0 aromatic heterocycles. The number of anilines is 1. The third kappa shape index (κ3) is 5.73. The normalized spacial score (nSPS) is 13.5. The molecule has 0 aliphatic heterocycles. The van der Waals surface area contributed by atoms with Gasteiger partial charge in [-0.1, -0.05) is 37.0 Å². The van der Waals surface area contributed by atoms with Crippen molar-refractivity contribution < 1.29 is 14.7 Å². The van der Waals surface area contributed by atoms with Gasteiger partial charge in [-0.2, -0.15) is 0 Å². The number of halogens is 2. The lowest BCUT2D eigenvalue weighted by Crippen LogP contribution is -2.47. The minimum Gasteiger partial charge on any atom is -0.480 e. The van der Waals surface area contributed by atoms with Crippen LogP contribution in [-0.2, 0) is 9.59 Å². The second kappa shape index (κ2) is 8.25. The van der Waals surface area contributed by atoms with Crippen molar-refractivity contribution in [2.75, 3.05) is 5.32 Å². The van der Waals surface area contributed by atoms with E-state index in [1.54, 1.807) is 25.1 Å². The summed E-state index contributed by atoms with van der Waals surface area (Å²) in [6.45, 7) is 5.45. The number of aliphatic carboxylic acids is 1. The van der Waals surface area contributed by atoms with Gasteiger partial charge in [-0.05, 0) is 37.5 Å². The maximum atomic E-state index is 12.1. The molecule has 1 unspecified atom stereocenters. The number of amides is 1. The van der Waals surface area contributed by atoms with Crippen LogP contribution in [0.2, 0.25) is 10.0 Å². The highest BCUT2D eigenvalue weighted by molar-refractivity contribution is 6.42. The molecule has 2 atom stereocenters. The third-order valence-corrected chi connectivity index (χ3v) is 3.76. The fraction of sp³-hybridized carbons (Fsp3) is 0.467. The smallest absolute Gasteiger partial charge is 0.326 e. The lowest BCUT2D eigenvalue weighted by atomic mass is 10.0. The Morgan fingerprint density at radius 1 is 1.18 bits per heavy atom. The number of carboxylic acids is 1. The van der Waals surface area contributed by atoms with Crippen LogP contribution < -0.4 is 10.6 Å². The van der Waals surface area contributed by atoms with E-state index in [0.29, 0.717) is 22.2 Å². The van der Waals surface area contributed by atoms with Crippen LogP contribution in [-0.4, -0.2) is 29.1 Å². The maximum absolute atomic E-state index is 12.1. The van der Waals surface area contributed by atoms with Gasteiger partial charge in [0.15, 0.2) is 0 Å². The fourth-order valence-electron chi connectivity index (χ4n) is 1.89. The highest BCUT2D eigenvalue weighted by Crippen LogP contribution is 2.25. The first-order valence-electron chi connectivity index (χ1n) is 6.95. The Balaban J connectivity index is 2.67. The van der Waals surface area contributed by atoms with E-state index in [1.807, 2.05) is 13.8 Å². The van der Waals surface area contributed by atoms with Gasteiger partial charge in [0.1, 0.15) is 12.1 Å². The van der Waals surface area contributed by atoms with Gasteiger partial charge in [0.05, 0.1) is 10.0 Å². The largest absolute Gasteiger partial charge is 0.480 e. The fourth-order valence-corrected chi connectivity index (χ4v) is 2.19. The number of carboxylic acid groups (broad SMARTS) is 1. The first-order valence-corrected chi connectivity index (χ1v) is 7.71. The predicted octanol–water partition coefficient (Wildman–Crippen LogP) is 3.41. The Morgan fingerprint density at radius 2 is 1.82 bits per heavy atom. The zero-order valence-electron chi connectivity index (χ0n) is 12.7. The number of hydrogen-bond donors (Lipinski definition) is 3. The standard InChI is InChI=1S/C15H20Cl2N2O3/c1-8(2)6-13(15(21)22)19-14(20)9(3)18-10-4-5-11(16)12(17)7-10/h4-5,7-9,13,18H,6H2,1-3H3,(H,19,20)(H,21,22)/t9?,13-/m0/s1. The Kier molecular flexibility index (Phi) is 6.97. The van der Waals surface area contributed by atoms with Gasteiger partial charge in [0.2, 0.25) is 5.91 Å². The molecule has 3 N–H and O–H groups in total. The van der Waals surface area contributed by atoms with Crippen molar-refractivity contribution in [2.45, 2.75) is 39.3 Å². The molecule has 1 aromatic rings. The molecule has 0 fully saturated rings. The summed E-state index contributed by atoms with van der Waals surface area (Å²) in [5, 5.41) is 15.4. The first-order chi connectivity index (χ1) is 10.2. The van der Waals surface area contributed by atoms with E-state index in [-0.39, 0.29) is 11.8 Å². The van der Waals surface area contributed by atoms with Crippen molar-refractivity contribution in [1.82, 2.24) is 5.32 Å². The van der Waals surface area contributed by atoms with Crippen molar-refractivity contribution in [1.29, 1.82) is 0 Å². The summed E-state index contributed by atoms with van der Waals surface area (Å²) >= 11 is 11.7. The molecule has 0 saturated carbocycles. The van der Waals surface area contributed by atoms with Gasteiger partial charge in [0, 0.05) is 5.69 Å². The molecular formula is C15H20Cl2N2O3. The summed E-state index contributed by atoms with van der Waals surface area (Å²) in [6, 6.07) is 3.42. The minimum absolute atomic E-state index is 0.166. The van der Waals surface area contributed by atoms with Crippen molar-refractivity contribution in [3.05, 3.63) is 28.2 Å². The summed E-state index contributed by atoms with van der Waals surface area (Å²) in [5.74, 6) is -1.26. The summed E-state index contributed by atoms with van der Waals surface area (Å²) in [4.78, 5) is 23.3. The summed E-state index contributed by atoms with van der Waals surface area (Å²) in [6.07, 6.45) is 0.376. The van der Waals surface area contributed by atoms with Crippen molar-refractivity contribution in [3.8, 4) is 0 Å². The number of benzene rings is 1. The molecule has 0 spiro atoms. The van der Waals surface area contributed by atoms with Crippen LogP contribution in [0.1, 0.15) is 27.2 Å². The van der Waals surface area contributed by atoms with E-state index in [1.165, 1.54) is 0 Å². The lowest BCUT2D eigenvalue weighted by Gasteiger charge is -2.20. The zero-order chi connectivity index (χ0) is 16.9. The van der Waals surface area contributed by atoms with E-state index in [9.17, 15) is 9.59 Å². The topological polar surface area (TPSA) is 78.4 Å². The molecule has 5 nitrogen and oxygen atoms in total. The number of carbonyl (C=O) groups excluding carboxylic acids is 1. The van der Waals surface area contributed by atoms with Gasteiger partial charge < -0.3 is 15.7 Å². The minimum atomic E-state index is -1.04. The van der Waals surface area contributed by atoms with E-state index in [2.05, 4.69) is 10.6 Å². The molecular weight excluding hydrogens is 327 g/mol. The molecule has 0 bridgehead atoms. The Bertz CT molecular complexity index is 550. The lowest BCUT2D eigenvalue weighted by molar-refractivity contribution is -0.142. The molecule has 0 saturated heterocycles. The Hall–Kier alpha value is -1.46. The second-order valence-electron chi connectivity index (χ2n) is 5.52. The molecule has 1 aromatic carbocycles. The quantitative estimate of drug-likeness (QED) is 0.706. The van der Waals surface area contributed by atoms with Gasteiger partial charge >= 0.3 is 5.97 Å². The average Bonchev–Trinajstić information content (AvgIpc) is 2.41. The van der Waals surface area contributed by atoms with Crippen LogP contribution >= 0.6 is 23.2 Å². The zero-order valence-corrected chi connectivity index (χ0v) is 14.2. The van der Waals surface area contributed by atoms with Gasteiger partial charge in [-0.25, -0.2) is 4.79 Å². The third-order valence-electron chi connectivity index (χ3n) is 3.02. The molecule has 0 radical (unpaired) electrons. The van der Waals surface area contributed by atoms with Crippen LogP contribution in [0.25, 0.3) is 0 Å².